The van der Waals surface area contributed by atoms with Gasteiger partial charge in [-0.15, -0.1) is 0 Å². The third-order valence-corrected chi connectivity index (χ3v) is 3.62. The van der Waals surface area contributed by atoms with Crippen LogP contribution < -0.4 is 9.47 Å². The molecule has 0 aliphatic carbocycles. The molecule has 1 amide bonds. The van der Waals surface area contributed by atoms with Gasteiger partial charge < -0.3 is 14.4 Å². The summed E-state index contributed by atoms with van der Waals surface area (Å²) < 4.78 is 10.9. The van der Waals surface area contributed by atoms with E-state index in [1.165, 1.54) is 0 Å². The molecule has 1 aromatic carbocycles. The Kier molecular flexibility index (Phi) is 4.83. The van der Waals surface area contributed by atoms with Crippen LogP contribution in [-0.4, -0.2) is 43.3 Å². The fourth-order valence-corrected chi connectivity index (χ4v) is 2.51. The number of methoxy groups -OCH3 is 1. The highest BCUT2D eigenvalue weighted by molar-refractivity contribution is 6.03. The van der Waals surface area contributed by atoms with E-state index in [-0.39, 0.29) is 11.9 Å². The van der Waals surface area contributed by atoms with Gasteiger partial charge in [-0.25, -0.2) is 0 Å². The summed E-state index contributed by atoms with van der Waals surface area (Å²) >= 11 is 0. The summed E-state index contributed by atoms with van der Waals surface area (Å²) in [5.41, 5.74) is 1.20. The summed E-state index contributed by atoms with van der Waals surface area (Å²) in [6.07, 6.45) is 2.68. The average Bonchev–Trinajstić information content (AvgIpc) is 2.63. The van der Waals surface area contributed by atoms with Crippen molar-refractivity contribution in [1.82, 2.24) is 4.90 Å². The maximum atomic E-state index is 12.7. The summed E-state index contributed by atoms with van der Waals surface area (Å²) in [6.45, 7) is 7.12. The second-order valence-electron chi connectivity index (χ2n) is 4.80. The Balaban J connectivity index is 2.53. The molecule has 0 spiro atoms. The Morgan fingerprint density at radius 3 is 2.57 bits per heavy atom. The highest BCUT2D eigenvalue weighted by Crippen LogP contribution is 2.37. The summed E-state index contributed by atoms with van der Waals surface area (Å²) in [5, 5.41) is 0. The van der Waals surface area contributed by atoms with E-state index >= 15 is 0 Å². The van der Waals surface area contributed by atoms with E-state index < -0.39 is 0 Å². The van der Waals surface area contributed by atoms with Crippen LogP contribution in [0, 0.1) is 0 Å². The van der Waals surface area contributed by atoms with Crippen molar-refractivity contribution in [3.63, 3.8) is 0 Å². The minimum atomic E-state index is -0.0156. The molecule has 0 saturated carbocycles. The van der Waals surface area contributed by atoms with Crippen LogP contribution in [0.1, 0.15) is 37.6 Å². The zero-order valence-corrected chi connectivity index (χ0v) is 13.0. The van der Waals surface area contributed by atoms with Gasteiger partial charge in [0.05, 0.1) is 31.0 Å². The lowest BCUT2D eigenvalue weighted by atomic mass is 10.1. The van der Waals surface area contributed by atoms with E-state index in [9.17, 15) is 4.79 Å². The first-order valence-electron chi connectivity index (χ1n) is 7.36. The summed E-state index contributed by atoms with van der Waals surface area (Å²) in [6, 6.07) is 3.52. The first-order chi connectivity index (χ1) is 10.2. The Labute approximate surface area is 125 Å². The van der Waals surface area contributed by atoms with Gasteiger partial charge in [-0.1, -0.05) is 6.92 Å². The molecule has 1 unspecified atom stereocenters. The van der Waals surface area contributed by atoms with E-state index in [1.807, 2.05) is 25.0 Å². The zero-order valence-electron chi connectivity index (χ0n) is 13.0. The third-order valence-electron chi connectivity index (χ3n) is 3.62. The molecule has 1 heterocycles. The number of carbonyl (C=O) groups is 1. The molecule has 0 N–H and O–H groups in total. The number of fused-ring (bicyclic) bond motifs is 1. The summed E-state index contributed by atoms with van der Waals surface area (Å²) in [7, 11) is 1.57. The first-order valence-corrected chi connectivity index (χ1v) is 7.36. The van der Waals surface area contributed by atoms with Crippen molar-refractivity contribution in [2.45, 2.75) is 33.2 Å². The highest BCUT2D eigenvalue weighted by atomic mass is 16.5. The van der Waals surface area contributed by atoms with Gasteiger partial charge in [-0.2, -0.15) is 0 Å². The molecule has 1 atom stereocenters. The second kappa shape index (κ2) is 6.61. The van der Waals surface area contributed by atoms with Crippen LogP contribution >= 0.6 is 0 Å². The lowest BCUT2D eigenvalue weighted by molar-refractivity contribution is 0.0738. The van der Waals surface area contributed by atoms with Crippen LogP contribution in [0.25, 0.3) is 0 Å². The number of hydrogen-bond acceptors (Lipinski definition) is 4. The van der Waals surface area contributed by atoms with Crippen LogP contribution in [0.3, 0.4) is 0 Å². The average molecular weight is 290 g/mol. The topological polar surface area (TPSA) is 51.1 Å². The molecular formula is C16H22N2O3. The Hall–Kier alpha value is -2.04. The molecule has 1 aliphatic heterocycles. The molecular weight excluding hydrogens is 268 g/mol. The number of benzene rings is 1. The number of rotatable bonds is 5. The molecule has 2 rings (SSSR count). The normalized spacial score (nSPS) is 17.4. The number of amides is 1. The van der Waals surface area contributed by atoms with Crippen LogP contribution in [0.2, 0.25) is 0 Å². The van der Waals surface area contributed by atoms with Gasteiger partial charge >= 0.3 is 0 Å². The van der Waals surface area contributed by atoms with Gasteiger partial charge in [0.2, 0.25) is 0 Å². The maximum Gasteiger partial charge on any atom is 0.256 e. The molecule has 0 bridgehead atoms. The number of carbonyl (C=O) groups excluding carboxylic acids is 1. The van der Waals surface area contributed by atoms with Crippen molar-refractivity contribution in [2.24, 2.45) is 4.99 Å². The fraction of sp³-hybridized carbons (Fsp3) is 0.500. The predicted molar refractivity (Wildman–Crippen MR) is 83.1 cm³/mol. The highest BCUT2D eigenvalue weighted by Gasteiger charge is 2.27. The van der Waals surface area contributed by atoms with Gasteiger partial charge in [0, 0.05) is 18.8 Å². The molecule has 0 fully saturated rings. The molecule has 21 heavy (non-hydrogen) atoms. The lowest BCUT2D eigenvalue weighted by Crippen LogP contribution is -2.39. The smallest absolute Gasteiger partial charge is 0.256 e. The third kappa shape index (κ3) is 2.86. The number of aliphatic imine (C=N–C) groups is 1. The van der Waals surface area contributed by atoms with E-state index in [4.69, 9.17) is 9.47 Å². The number of nitrogens with zero attached hydrogens (tertiary/aromatic N) is 2. The SMILES string of the molecule is CCOc1cc2c(cc1OC)C(=O)N(CC)C(CC)C=N2. The summed E-state index contributed by atoms with van der Waals surface area (Å²) in [4.78, 5) is 19.0. The van der Waals surface area contributed by atoms with Crippen molar-refractivity contribution < 1.29 is 14.3 Å². The van der Waals surface area contributed by atoms with Gasteiger partial charge in [-0.3, -0.25) is 9.79 Å². The second-order valence-corrected chi connectivity index (χ2v) is 4.80. The number of hydrogen-bond donors (Lipinski definition) is 0. The van der Waals surface area contributed by atoms with Crippen LogP contribution in [-0.2, 0) is 0 Å². The quantitative estimate of drug-likeness (QED) is 0.837. The van der Waals surface area contributed by atoms with E-state index in [0.717, 1.165) is 6.42 Å². The Bertz CT molecular complexity index is 555. The number of ether oxygens (including phenoxy) is 2. The van der Waals surface area contributed by atoms with Crippen LogP contribution in [0.15, 0.2) is 17.1 Å². The zero-order chi connectivity index (χ0) is 15.4. The molecule has 1 aliphatic rings. The molecule has 0 aromatic heterocycles. The Morgan fingerprint density at radius 2 is 2.00 bits per heavy atom. The van der Waals surface area contributed by atoms with E-state index in [2.05, 4.69) is 11.9 Å². The molecule has 5 heteroatoms. The van der Waals surface area contributed by atoms with Gasteiger partial charge in [-0.05, 0) is 26.3 Å². The summed E-state index contributed by atoms with van der Waals surface area (Å²) in [5.74, 6) is 1.16. The van der Waals surface area contributed by atoms with Crippen molar-refractivity contribution in [2.75, 3.05) is 20.3 Å². The lowest BCUT2D eigenvalue weighted by Gasteiger charge is -2.26. The monoisotopic (exact) mass is 290 g/mol. The van der Waals surface area contributed by atoms with E-state index in [0.29, 0.717) is 35.9 Å². The standard InChI is InChI=1S/C16H22N2O3/c1-5-11-10-17-13-9-15(21-7-3)14(20-4)8-12(13)16(19)18(11)6-2/h8-11H,5-7H2,1-4H3. The van der Waals surface area contributed by atoms with Crippen molar-refractivity contribution in [3.8, 4) is 11.5 Å². The van der Waals surface area contributed by atoms with Gasteiger partial charge in [0.1, 0.15) is 0 Å². The van der Waals surface area contributed by atoms with E-state index in [1.54, 1.807) is 19.2 Å². The predicted octanol–water partition coefficient (Wildman–Crippen LogP) is 3.05. The Morgan fingerprint density at radius 1 is 1.24 bits per heavy atom. The first kappa shape index (κ1) is 15.4. The van der Waals surface area contributed by atoms with Gasteiger partial charge in [0.25, 0.3) is 5.91 Å². The van der Waals surface area contributed by atoms with Crippen molar-refractivity contribution in [1.29, 1.82) is 0 Å². The van der Waals surface area contributed by atoms with Crippen molar-refractivity contribution >= 4 is 17.8 Å². The molecule has 114 valence electrons. The largest absolute Gasteiger partial charge is 0.493 e. The molecule has 1 aromatic rings. The molecule has 5 nitrogen and oxygen atoms in total. The van der Waals surface area contributed by atoms with Crippen molar-refractivity contribution in [3.05, 3.63) is 17.7 Å². The van der Waals surface area contributed by atoms with Gasteiger partial charge in [0.15, 0.2) is 11.5 Å². The molecule has 0 saturated heterocycles. The van der Waals surface area contributed by atoms with Crippen LogP contribution in [0.5, 0.6) is 11.5 Å². The fourth-order valence-electron chi connectivity index (χ4n) is 2.51. The molecule has 0 radical (unpaired) electrons. The minimum absolute atomic E-state index is 0.0156. The maximum absolute atomic E-state index is 12.7. The van der Waals surface area contributed by atoms with Crippen LogP contribution in [0.4, 0.5) is 5.69 Å². The minimum Gasteiger partial charge on any atom is -0.493 e.